The van der Waals surface area contributed by atoms with E-state index >= 15 is 0 Å². The Morgan fingerprint density at radius 3 is 1.88 bits per heavy atom. The second-order valence-electron chi connectivity index (χ2n) is 8.83. The summed E-state index contributed by atoms with van der Waals surface area (Å²) in [5.41, 5.74) is 4.96. The van der Waals surface area contributed by atoms with Gasteiger partial charge >= 0.3 is 0 Å². The molecule has 0 aliphatic heterocycles. The molecule has 0 spiro atoms. The molecule has 4 heteroatoms. The van der Waals surface area contributed by atoms with Gasteiger partial charge in [-0.3, -0.25) is 0 Å². The van der Waals surface area contributed by atoms with E-state index in [1.807, 2.05) is 12.1 Å². The number of benzene rings is 3. The summed E-state index contributed by atoms with van der Waals surface area (Å²) < 4.78 is 11.1. The maximum absolute atomic E-state index is 10.8. The average molecular weight is 446 g/mol. The molecule has 3 aromatic carbocycles. The van der Waals surface area contributed by atoms with Crippen LogP contribution in [-0.2, 0) is 12.8 Å². The van der Waals surface area contributed by atoms with Gasteiger partial charge in [-0.25, -0.2) is 0 Å². The van der Waals surface area contributed by atoms with E-state index in [-0.39, 0.29) is 6.04 Å². The summed E-state index contributed by atoms with van der Waals surface area (Å²) in [7, 11) is 3.38. The second kappa shape index (κ2) is 11.4. The Kier molecular flexibility index (Phi) is 8.03. The lowest BCUT2D eigenvalue weighted by Crippen LogP contribution is -2.46. The van der Waals surface area contributed by atoms with E-state index in [0.717, 1.165) is 54.9 Å². The van der Waals surface area contributed by atoms with E-state index in [4.69, 9.17) is 9.47 Å². The maximum Gasteiger partial charge on any atom is 0.122 e. The lowest BCUT2D eigenvalue weighted by atomic mass is 9.84. The molecule has 0 heterocycles. The van der Waals surface area contributed by atoms with Gasteiger partial charge in [-0.1, -0.05) is 67.1 Å². The van der Waals surface area contributed by atoms with E-state index in [1.165, 1.54) is 11.1 Å². The Morgan fingerprint density at radius 2 is 1.33 bits per heavy atom. The van der Waals surface area contributed by atoms with Crippen LogP contribution in [0.4, 0.5) is 0 Å². The molecule has 1 aliphatic rings. The highest BCUT2D eigenvalue weighted by Crippen LogP contribution is 2.36. The third kappa shape index (κ3) is 5.58. The van der Waals surface area contributed by atoms with Crippen molar-refractivity contribution >= 4 is 0 Å². The van der Waals surface area contributed by atoms with Crippen molar-refractivity contribution in [2.75, 3.05) is 20.8 Å². The molecule has 0 fully saturated rings. The smallest absolute Gasteiger partial charge is 0.122 e. The first-order valence-electron chi connectivity index (χ1n) is 11.9. The number of rotatable bonds is 10. The number of methoxy groups -OCH3 is 2. The van der Waals surface area contributed by atoms with Crippen LogP contribution in [-0.4, -0.2) is 38.0 Å². The Hall–Kier alpha value is -2.82. The monoisotopic (exact) mass is 445 g/mol. The minimum Gasteiger partial charge on any atom is -0.496 e. The van der Waals surface area contributed by atoms with Crippen molar-refractivity contribution in [3.8, 4) is 11.5 Å². The van der Waals surface area contributed by atoms with Crippen LogP contribution in [0.15, 0.2) is 72.8 Å². The fraction of sp³-hybridized carbons (Fsp3) is 0.379. The quantitative estimate of drug-likeness (QED) is 0.425. The van der Waals surface area contributed by atoms with Crippen LogP contribution >= 0.6 is 0 Å². The molecule has 0 radical (unpaired) electrons. The molecule has 4 nitrogen and oxygen atoms in total. The zero-order chi connectivity index (χ0) is 23.0. The van der Waals surface area contributed by atoms with E-state index < -0.39 is 6.10 Å². The molecule has 174 valence electrons. The Bertz CT molecular complexity index is 967. The molecule has 0 saturated heterocycles. The molecule has 33 heavy (non-hydrogen) atoms. The van der Waals surface area contributed by atoms with E-state index in [1.54, 1.807) is 14.2 Å². The normalized spacial score (nSPS) is 17.6. The predicted molar refractivity (Wildman–Crippen MR) is 133 cm³/mol. The van der Waals surface area contributed by atoms with Gasteiger partial charge in [0.15, 0.2) is 0 Å². The molecule has 0 aromatic heterocycles. The molecular weight excluding hydrogens is 410 g/mol. The van der Waals surface area contributed by atoms with Gasteiger partial charge in [0.05, 0.1) is 20.3 Å². The lowest BCUT2D eigenvalue weighted by molar-refractivity contribution is 0.117. The Morgan fingerprint density at radius 1 is 0.788 bits per heavy atom. The average Bonchev–Trinajstić information content (AvgIpc) is 2.86. The number of aliphatic hydroxyl groups excluding tert-OH is 1. The zero-order valence-electron chi connectivity index (χ0n) is 19.7. The van der Waals surface area contributed by atoms with Gasteiger partial charge in [0.1, 0.15) is 11.5 Å². The Balaban J connectivity index is 1.33. The van der Waals surface area contributed by atoms with Gasteiger partial charge in [0.25, 0.3) is 0 Å². The Labute approximate surface area is 197 Å². The second-order valence-corrected chi connectivity index (χ2v) is 8.83. The number of nitrogens with one attached hydrogen (secondary N) is 1. The first kappa shape index (κ1) is 23.3. The van der Waals surface area contributed by atoms with Crippen molar-refractivity contribution < 1.29 is 14.6 Å². The van der Waals surface area contributed by atoms with E-state index in [0.29, 0.717) is 12.3 Å². The van der Waals surface area contributed by atoms with Crippen LogP contribution in [0.2, 0.25) is 0 Å². The molecule has 2 N–H and O–H groups in total. The summed E-state index contributed by atoms with van der Waals surface area (Å²) in [5.74, 6) is 2.12. The number of hydrogen-bond donors (Lipinski definition) is 2. The van der Waals surface area contributed by atoms with Gasteiger partial charge in [0.2, 0.25) is 0 Å². The van der Waals surface area contributed by atoms with Gasteiger partial charge < -0.3 is 19.9 Å². The molecular formula is C29H35NO3. The minimum absolute atomic E-state index is 0.0255. The SMILES string of the molecule is COc1ccc(OC)c2c1CC(O)C(NCCCCC(c1ccccc1)c1ccccc1)C2. The van der Waals surface area contributed by atoms with Crippen molar-refractivity contribution in [3.63, 3.8) is 0 Å². The topological polar surface area (TPSA) is 50.7 Å². The molecule has 0 amide bonds. The molecule has 0 bridgehead atoms. The molecule has 2 unspecified atom stereocenters. The number of aliphatic hydroxyl groups is 1. The van der Waals surface area contributed by atoms with Gasteiger partial charge in [-0.05, 0) is 49.1 Å². The van der Waals surface area contributed by atoms with Crippen molar-refractivity contribution in [2.45, 2.75) is 50.2 Å². The lowest BCUT2D eigenvalue weighted by Gasteiger charge is -2.32. The standard InChI is InChI=1S/C29H35NO3/c1-32-28-16-17-29(33-2)25-20-27(31)26(19-24(25)28)30-18-10-9-15-23(21-11-5-3-6-12-21)22-13-7-4-8-14-22/h3-8,11-14,16-17,23,26-27,30-31H,9-10,15,18-20H2,1-2H3. The molecule has 2 atom stereocenters. The highest BCUT2D eigenvalue weighted by Gasteiger charge is 2.30. The van der Waals surface area contributed by atoms with Crippen LogP contribution in [0.25, 0.3) is 0 Å². The summed E-state index contributed by atoms with van der Waals surface area (Å²) in [6, 6.07) is 25.5. The fourth-order valence-electron chi connectivity index (χ4n) is 5.05. The fourth-order valence-corrected chi connectivity index (χ4v) is 5.05. The molecule has 3 aromatic rings. The van der Waals surface area contributed by atoms with Gasteiger partial charge in [-0.2, -0.15) is 0 Å². The van der Waals surface area contributed by atoms with Gasteiger partial charge in [0, 0.05) is 29.5 Å². The zero-order valence-corrected chi connectivity index (χ0v) is 19.7. The van der Waals surface area contributed by atoms with Crippen LogP contribution in [0.5, 0.6) is 11.5 Å². The van der Waals surface area contributed by atoms with Crippen molar-refractivity contribution in [1.82, 2.24) is 5.32 Å². The summed E-state index contributed by atoms with van der Waals surface area (Å²) in [5, 5.41) is 14.4. The third-order valence-corrected chi connectivity index (χ3v) is 6.82. The van der Waals surface area contributed by atoms with Crippen molar-refractivity contribution in [3.05, 3.63) is 95.1 Å². The summed E-state index contributed by atoms with van der Waals surface area (Å²) in [6.07, 6.45) is 4.20. The number of ether oxygens (including phenoxy) is 2. The maximum atomic E-state index is 10.8. The van der Waals surface area contributed by atoms with E-state index in [2.05, 4.69) is 66.0 Å². The van der Waals surface area contributed by atoms with Crippen LogP contribution in [0.3, 0.4) is 0 Å². The van der Waals surface area contributed by atoms with Crippen molar-refractivity contribution in [2.24, 2.45) is 0 Å². The molecule has 4 rings (SSSR count). The van der Waals surface area contributed by atoms with Crippen LogP contribution in [0, 0.1) is 0 Å². The largest absolute Gasteiger partial charge is 0.496 e. The predicted octanol–water partition coefficient (Wildman–Crippen LogP) is 5.12. The number of hydrogen-bond acceptors (Lipinski definition) is 4. The first-order chi connectivity index (χ1) is 16.2. The highest BCUT2D eigenvalue weighted by molar-refractivity contribution is 5.51. The van der Waals surface area contributed by atoms with Crippen LogP contribution < -0.4 is 14.8 Å². The van der Waals surface area contributed by atoms with Crippen LogP contribution in [0.1, 0.15) is 47.4 Å². The number of fused-ring (bicyclic) bond motifs is 1. The first-order valence-corrected chi connectivity index (χ1v) is 11.9. The van der Waals surface area contributed by atoms with E-state index in [9.17, 15) is 5.11 Å². The van der Waals surface area contributed by atoms with Gasteiger partial charge in [-0.15, -0.1) is 0 Å². The summed E-state index contributed by atoms with van der Waals surface area (Å²) in [6.45, 7) is 0.889. The summed E-state index contributed by atoms with van der Waals surface area (Å²) in [4.78, 5) is 0. The minimum atomic E-state index is -0.431. The summed E-state index contributed by atoms with van der Waals surface area (Å²) >= 11 is 0. The highest BCUT2D eigenvalue weighted by atomic mass is 16.5. The van der Waals surface area contributed by atoms with Crippen molar-refractivity contribution in [1.29, 1.82) is 0 Å². The third-order valence-electron chi connectivity index (χ3n) is 6.82. The molecule has 0 saturated carbocycles. The molecule has 1 aliphatic carbocycles. The number of unbranched alkanes of at least 4 members (excludes halogenated alkanes) is 1.